The van der Waals surface area contributed by atoms with Crippen molar-refractivity contribution in [3.63, 3.8) is 0 Å². The molecule has 11 heavy (non-hydrogen) atoms. The van der Waals surface area contributed by atoms with Crippen LogP contribution in [0, 0.1) is 5.92 Å². The quantitative estimate of drug-likeness (QED) is 0.563. The number of hydrogen-bond acceptors (Lipinski definition) is 3. The van der Waals surface area contributed by atoms with Crippen LogP contribution in [0.5, 0.6) is 0 Å². The molecule has 4 nitrogen and oxygen atoms in total. The molecule has 0 aromatic rings. The van der Waals surface area contributed by atoms with Crippen LogP contribution in [0.4, 0.5) is 0 Å². The Labute approximate surface area is 65.0 Å². The Morgan fingerprint density at radius 2 is 1.45 bits per heavy atom. The first-order valence-corrected chi connectivity index (χ1v) is 3.23. The topological polar surface area (TPSA) is 63.2 Å². The zero-order valence-electron chi connectivity index (χ0n) is 6.80. The molecule has 0 aromatic heterocycles. The van der Waals surface area contributed by atoms with Crippen molar-refractivity contribution in [2.75, 3.05) is 7.05 Å². The Balaban J connectivity index is 4.47. The molecule has 0 rings (SSSR count). The lowest BCUT2D eigenvalue weighted by molar-refractivity contribution is -0.139. The van der Waals surface area contributed by atoms with Crippen molar-refractivity contribution in [2.45, 2.75) is 13.8 Å². The van der Waals surface area contributed by atoms with Gasteiger partial charge in [-0.2, -0.15) is 0 Å². The van der Waals surface area contributed by atoms with Gasteiger partial charge in [-0.15, -0.1) is 0 Å². The highest BCUT2D eigenvalue weighted by atomic mass is 16.2. The van der Waals surface area contributed by atoms with E-state index in [-0.39, 0.29) is 0 Å². The van der Waals surface area contributed by atoms with E-state index in [1.54, 1.807) is 0 Å². The number of carbonyl (C=O) groups is 3. The zero-order chi connectivity index (χ0) is 9.02. The van der Waals surface area contributed by atoms with E-state index in [2.05, 4.69) is 5.32 Å². The van der Waals surface area contributed by atoms with Gasteiger partial charge in [-0.05, 0) is 13.8 Å². The Hall–Kier alpha value is -1.19. The third-order valence-electron chi connectivity index (χ3n) is 1.32. The number of nitrogens with one attached hydrogen (secondary N) is 1. The summed E-state index contributed by atoms with van der Waals surface area (Å²) in [6, 6.07) is 0. The minimum Gasteiger partial charge on any atom is -0.358 e. The van der Waals surface area contributed by atoms with Gasteiger partial charge in [0.25, 0.3) is 0 Å². The second-order valence-corrected chi connectivity index (χ2v) is 2.27. The van der Waals surface area contributed by atoms with Crippen molar-refractivity contribution in [3.05, 3.63) is 0 Å². The number of carbonyl (C=O) groups excluding carboxylic acids is 3. The van der Waals surface area contributed by atoms with Crippen LogP contribution in [-0.4, -0.2) is 24.5 Å². The van der Waals surface area contributed by atoms with E-state index in [4.69, 9.17) is 0 Å². The maximum absolute atomic E-state index is 10.8. The van der Waals surface area contributed by atoms with E-state index in [0.29, 0.717) is 0 Å². The highest BCUT2D eigenvalue weighted by Gasteiger charge is 2.26. The highest BCUT2D eigenvalue weighted by molar-refractivity contribution is 6.17. The Morgan fingerprint density at radius 1 is 1.09 bits per heavy atom. The maximum atomic E-state index is 10.8. The van der Waals surface area contributed by atoms with Crippen molar-refractivity contribution < 1.29 is 14.4 Å². The van der Waals surface area contributed by atoms with Crippen LogP contribution >= 0.6 is 0 Å². The lowest BCUT2D eigenvalue weighted by atomic mass is 10.0. The van der Waals surface area contributed by atoms with Crippen LogP contribution in [0.3, 0.4) is 0 Å². The molecule has 62 valence electrons. The number of ketones is 2. The molecule has 0 aromatic carbocycles. The van der Waals surface area contributed by atoms with Crippen molar-refractivity contribution in [1.82, 2.24) is 5.32 Å². The summed E-state index contributed by atoms with van der Waals surface area (Å²) in [5, 5.41) is 2.25. The van der Waals surface area contributed by atoms with E-state index in [1.807, 2.05) is 0 Å². The second-order valence-electron chi connectivity index (χ2n) is 2.27. The lowest BCUT2D eigenvalue weighted by Gasteiger charge is -2.06. The number of Topliss-reactive ketones (excluding diaryl/α,β-unsaturated/α-hetero) is 2. The van der Waals surface area contributed by atoms with Crippen LogP contribution < -0.4 is 5.32 Å². The third kappa shape index (κ3) is 2.49. The number of rotatable bonds is 3. The smallest absolute Gasteiger partial charge is 0.237 e. The molecule has 0 unspecified atom stereocenters. The third-order valence-corrected chi connectivity index (χ3v) is 1.32. The molecule has 0 saturated heterocycles. The van der Waals surface area contributed by atoms with Crippen molar-refractivity contribution in [2.24, 2.45) is 5.92 Å². The van der Waals surface area contributed by atoms with Crippen LogP contribution in [0.1, 0.15) is 13.8 Å². The van der Waals surface area contributed by atoms with Crippen molar-refractivity contribution in [3.8, 4) is 0 Å². The molecule has 0 radical (unpaired) electrons. The average molecular weight is 157 g/mol. The molecule has 0 spiro atoms. The van der Waals surface area contributed by atoms with Gasteiger partial charge in [0, 0.05) is 7.05 Å². The van der Waals surface area contributed by atoms with Crippen LogP contribution in [0.15, 0.2) is 0 Å². The van der Waals surface area contributed by atoms with E-state index in [9.17, 15) is 14.4 Å². The van der Waals surface area contributed by atoms with E-state index in [1.165, 1.54) is 20.9 Å². The molecule has 4 heteroatoms. The van der Waals surface area contributed by atoms with Gasteiger partial charge in [-0.3, -0.25) is 14.4 Å². The van der Waals surface area contributed by atoms with E-state index >= 15 is 0 Å². The molecular weight excluding hydrogens is 146 g/mol. The SMILES string of the molecule is CNC(=O)C(C(C)=O)C(C)=O. The molecule has 1 N–H and O–H groups in total. The van der Waals surface area contributed by atoms with Gasteiger partial charge in [-0.25, -0.2) is 0 Å². The fourth-order valence-corrected chi connectivity index (χ4v) is 0.800. The Morgan fingerprint density at radius 3 is 1.55 bits per heavy atom. The molecule has 0 aliphatic heterocycles. The molecule has 1 amide bonds. The molecule has 0 atom stereocenters. The number of hydrogen-bond donors (Lipinski definition) is 1. The summed E-state index contributed by atoms with van der Waals surface area (Å²) in [5.74, 6) is -2.50. The predicted octanol–water partition coefficient (Wildman–Crippen LogP) is -0.473. The minimum absolute atomic E-state index is 0.420. The van der Waals surface area contributed by atoms with Crippen molar-refractivity contribution >= 4 is 17.5 Å². The summed E-state index contributed by atoms with van der Waals surface area (Å²) in [5.41, 5.74) is 0. The molecule has 0 aliphatic carbocycles. The maximum Gasteiger partial charge on any atom is 0.237 e. The lowest BCUT2D eigenvalue weighted by Crippen LogP contribution is -2.36. The predicted molar refractivity (Wildman–Crippen MR) is 38.9 cm³/mol. The van der Waals surface area contributed by atoms with Crippen LogP contribution in [0.2, 0.25) is 0 Å². The first kappa shape index (κ1) is 9.81. The first-order valence-electron chi connectivity index (χ1n) is 3.23. The second kappa shape index (κ2) is 3.85. The molecule has 0 fully saturated rings. The molecule has 0 saturated carbocycles. The largest absolute Gasteiger partial charge is 0.358 e. The van der Waals surface area contributed by atoms with Gasteiger partial charge < -0.3 is 5.32 Å². The minimum atomic E-state index is -1.13. The Bertz CT molecular complexity index is 184. The normalized spacial score (nSPS) is 9.45. The summed E-state index contributed by atoms with van der Waals surface area (Å²) in [4.78, 5) is 32.3. The summed E-state index contributed by atoms with van der Waals surface area (Å²) in [6.45, 7) is 2.45. The van der Waals surface area contributed by atoms with Crippen molar-refractivity contribution in [1.29, 1.82) is 0 Å². The summed E-state index contributed by atoms with van der Waals surface area (Å²) < 4.78 is 0. The summed E-state index contributed by atoms with van der Waals surface area (Å²) in [7, 11) is 1.39. The van der Waals surface area contributed by atoms with E-state index < -0.39 is 23.4 Å². The first-order chi connectivity index (χ1) is 5.00. The van der Waals surface area contributed by atoms with Gasteiger partial charge in [0.15, 0.2) is 5.92 Å². The van der Waals surface area contributed by atoms with Crippen LogP contribution in [-0.2, 0) is 14.4 Å². The number of amides is 1. The molecular formula is C7H11NO3. The standard InChI is InChI=1S/C7H11NO3/c1-4(9)6(5(2)10)7(11)8-3/h6H,1-3H3,(H,8,11). The fourth-order valence-electron chi connectivity index (χ4n) is 0.800. The Kier molecular flexibility index (Phi) is 3.44. The zero-order valence-corrected chi connectivity index (χ0v) is 6.80. The fraction of sp³-hybridized carbons (Fsp3) is 0.571. The summed E-state index contributed by atoms with van der Waals surface area (Å²) in [6.07, 6.45) is 0. The highest BCUT2D eigenvalue weighted by Crippen LogP contribution is 1.99. The molecule has 0 aliphatic rings. The van der Waals surface area contributed by atoms with Gasteiger partial charge in [0.1, 0.15) is 11.6 Å². The van der Waals surface area contributed by atoms with Gasteiger partial charge in [0.2, 0.25) is 5.91 Å². The van der Waals surface area contributed by atoms with Gasteiger partial charge in [0.05, 0.1) is 0 Å². The van der Waals surface area contributed by atoms with E-state index in [0.717, 1.165) is 0 Å². The monoisotopic (exact) mass is 157 g/mol. The molecule has 0 heterocycles. The van der Waals surface area contributed by atoms with Crippen LogP contribution in [0.25, 0.3) is 0 Å². The van der Waals surface area contributed by atoms with Gasteiger partial charge in [-0.1, -0.05) is 0 Å². The average Bonchev–Trinajstić information content (AvgIpc) is 1.85. The van der Waals surface area contributed by atoms with Gasteiger partial charge >= 0.3 is 0 Å². The summed E-state index contributed by atoms with van der Waals surface area (Å²) >= 11 is 0. The molecule has 0 bridgehead atoms.